The zero-order valence-electron chi connectivity index (χ0n) is 10.8. The summed E-state index contributed by atoms with van der Waals surface area (Å²) in [5.74, 6) is -0.588. The molecule has 2 rings (SSSR count). The van der Waals surface area contributed by atoms with E-state index in [2.05, 4.69) is 0 Å². The van der Waals surface area contributed by atoms with E-state index < -0.39 is 30.8 Å². The van der Waals surface area contributed by atoms with E-state index in [1.54, 1.807) is 0 Å². The Morgan fingerprint density at radius 2 is 1.62 bits per heavy atom. The van der Waals surface area contributed by atoms with Gasteiger partial charge in [-0.2, -0.15) is 0 Å². The van der Waals surface area contributed by atoms with Gasteiger partial charge < -0.3 is 15.4 Å². The van der Waals surface area contributed by atoms with Crippen molar-refractivity contribution in [3.05, 3.63) is 24.3 Å². The second-order valence-electron chi connectivity index (χ2n) is 4.01. The third-order valence-electron chi connectivity index (χ3n) is 2.69. The van der Waals surface area contributed by atoms with Crippen LogP contribution in [0.5, 0.6) is 5.75 Å². The molecule has 108 valence electrons. The molecule has 8 nitrogen and oxygen atoms in total. The van der Waals surface area contributed by atoms with Gasteiger partial charge in [-0.15, -0.1) is 0 Å². The van der Waals surface area contributed by atoms with Crippen molar-refractivity contribution in [3.8, 4) is 5.75 Å². The van der Waals surface area contributed by atoms with Crippen LogP contribution in [-0.2, 0) is 20.1 Å². The van der Waals surface area contributed by atoms with Gasteiger partial charge in [-0.1, -0.05) is 6.07 Å². The fourth-order valence-corrected chi connectivity index (χ4v) is 3.00. The number of primary sulfonamides is 1. The first-order valence-electron chi connectivity index (χ1n) is 5.05. The maximum atomic E-state index is 11.3. The molecule has 0 bridgehead atoms. The number of nitrogens with two attached hydrogens (primary N) is 2. The molecule has 0 aliphatic heterocycles. The number of anilines is 1. The number of benzene rings is 2. The molecule has 2 aromatic carbocycles. The molecule has 0 radical (unpaired) electrons. The van der Waals surface area contributed by atoms with Crippen molar-refractivity contribution in [1.29, 1.82) is 0 Å². The molecule has 0 unspecified atom stereocenters. The van der Waals surface area contributed by atoms with Crippen LogP contribution in [0.25, 0.3) is 10.8 Å². The Kier molecular flexibility index (Phi) is 4.95. The van der Waals surface area contributed by atoms with Crippen LogP contribution < -0.4 is 40.4 Å². The summed E-state index contributed by atoms with van der Waals surface area (Å²) in [5.41, 5.74) is 5.39. The molecule has 0 heterocycles. The van der Waals surface area contributed by atoms with Gasteiger partial charge in [0.2, 0.25) is 10.0 Å². The number of sulfonamides is 1. The summed E-state index contributed by atoms with van der Waals surface area (Å²) in [5, 5.41) is 14.3. The van der Waals surface area contributed by atoms with Gasteiger partial charge in [0.15, 0.2) is 0 Å². The zero-order valence-corrected chi connectivity index (χ0v) is 14.4. The average molecular weight is 340 g/mol. The van der Waals surface area contributed by atoms with Gasteiger partial charge >= 0.3 is 29.6 Å². The number of nitrogen functional groups attached to an aromatic ring is 1. The maximum Gasteiger partial charge on any atom is 1.00 e. The number of hydrogen-bond donors (Lipinski definition) is 3. The molecule has 21 heavy (non-hydrogen) atoms. The second kappa shape index (κ2) is 5.72. The number of phenols is 1. The number of fused-ring (bicyclic) bond motifs is 1. The van der Waals surface area contributed by atoms with Gasteiger partial charge in [0.1, 0.15) is 15.9 Å². The minimum absolute atomic E-state index is 0. The average Bonchev–Trinajstić information content (AvgIpc) is 2.30. The van der Waals surface area contributed by atoms with Crippen LogP contribution >= 0.6 is 0 Å². The summed E-state index contributed by atoms with van der Waals surface area (Å²) in [7, 11) is -9.01. The number of phenolic OH excluding ortho intramolecular Hbond substituents is 1. The first kappa shape index (κ1) is 18.2. The van der Waals surface area contributed by atoms with Crippen LogP contribution in [0.2, 0.25) is 0 Å². The van der Waals surface area contributed by atoms with Gasteiger partial charge in [0, 0.05) is 16.8 Å². The van der Waals surface area contributed by atoms with E-state index in [1.807, 2.05) is 0 Å². The van der Waals surface area contributed by atoms with Crippen molar-refractivity contribution < 1.29 is 56.1 Å². The Morgan fingerprint density at radius 3 is 2.10 bits per heavy atom. The molecule has 2 aromatic rings. The topological polar surface area (TPSA) is 164 Å². The monoisotopic (exact) mass is 340 g/mol. The molecule has 0 atom stereocenters. The minimum Gasteiger partial charge on any atom is -0.744 e. The maximum absolute atomic E-state index is 11.3. The summed E-state index contributed by atoms with van der Waals surface area (Å²) in [4.78, 5) is -1.15. The molecule has 0 saturated carbocycles. The van der Waals surface area contributed by atoms with Crippen LogP contribution in [0.15, 0.2) is 34.1 Å². The van der Waals surface area contributed by atoms with E-state index in [1.165, 1.54) is 6.07 Å². The van der Waals surface area contributed by atoms with Gasteiger partial charge in [-0.05, 0) is 12.1 Å². The van der Waals surface area contributed by atoms with Crippen molar-refractivity contribution in [2.75, 3.05) is 5.73 Å². The van der Waals surface area contributed by atoms with E-state index in [0.717, 1.165) is 12.1 Å². The molecule has 0 saturated heterocycles. The summed E-state index contributed by atoms with van der Waals surface area (Å²) in [6, 6.07) is 3.85. The van der Waals surface area contributed by atoms with Gasteiger partial charge in [0.25, 0.3) is 0 Å². The predicted octanol–water partition coefficient (Wildman–Crippen LogP) is -3.32. The van der Waals surface area contributed by atoms with E-state index >= 15 is 0 Å². The molecule has 0 aromatic heterocycles. The van der Waals surface area contributed by atoms with Crippen molar-refractivity contribution in [2.45, 2.75) is 9.79 Å². The molecule has 0 aliphatic rings. The smallest absolute Gasteiger partial charge is 0.744 e. The fraction of sp³-hybridized carbons (Fsp3) is 0. The van der Waals surface area contributed by atoms with Crippen LogP contribution in [-0.4, -0.2) is 26.5 Å². The molecule has 0 amide bonds. The molecule has 0 aliphatic carbocycles. The number of hydrogen-bond acceptors (Lipinski definition) is 7. The Labute approximate surface area is 142 Å². The Bertz CT molecular complexity index is 924. The summed E-state index contributed by atoms with van der Waals surface area (Å²) >= 11 is 0. The van der Waals surface area contributed by atoms with Gasteiger partial charge in [0.05, 0.1) is 15.5 Å². The molecule has 0 fully saturated rings. The quantitative estimate of drug-likeness (QED) is 0.223. The van der Waals surface area contributed by atoms with E-state index in [0.29, 0.717) is 6.07 Å². The second-order valence-corrected chi connectivity index (χ2v) is 6.92. The van der Waals surface area contributed by atoms with Gasteiger partial charge in [-0.3, -0.25) is 0 Å². The summed E-state index contributed by atoms with van der Waals surface area (Å²) in [6.07, 6.45) is 0. The molecule has 11 heteroatoms. The van der Waals surface area contributed by atoms with E-state index in [-0.39, 0.29) is 50.9 Å². The summed E-state index contributed by atoms with van der Waals surface area (Å²) in [6.45, 7) is 0. The third kappa shape index (κ3) is 3.48. The molecule has 5 N–H and O–H groups in total. The van der Waals surface area contributed by atoms with Crippen LogP contribution in [0.4, 0.5) is 5.69 Å². The van der Waals surface area contributed by atoms with Crippen molar-refractivity contribution >= 4 is 36.6 Å². The molecular formula is C10H9N2NaO6S2. The van der Waals surface area contributed by atoms with E-state index in [9.17, 15) is 26.5 Å². The third-order valence-corrected chi connectivity index (χ3v) is 4.48. The fourth-order valence-electron chi connectivity index (χ4n) is 1.76. The van der Waals surface area contributed by atoms with Crippen molar-refractivity contribution in [1.82, 2.24) is 0 Å². The summed E-state index contributed by atoms with van der Waals surface area (Å²) < 4.78 is 56.1. The van der Waals surface area contributed by atoms with Crippen molar-refractivity contribution in [2.24, 2.45) is 5.14 Å². The first-order valence-corrected chi connectivity index (χ1v) is 8.01. The number of rotatable bonds is 2. The molecule has 0 spiro atoms. The van der Waals surface area contributed by atoms with E-state index in [4.69, 9.17) is 10.9 Å². The Morgan fingerprint density at radius 1 is 1.05 bits per heavy atom. The minimum atomic E-state index is -4.93. The van der Waals surface area contributed by atoms with Crippen molar-refractivity contribution in [3.63, 3.8) is 0 Å². The largest absolute Gasteiger partial charge is 1.00 e. The first-order chi connectivity index (χ1) is 9.01. The van der Waals surface area contributed by atoms with Gasteiger partial charge in [-0.25, -0.2) is 22.0 Å². The zero-order chi connectivity index (χ0) is 15.3. The SMILES string of the molecule is Nc1c(O)cc(S(=O)(=O)[O-])c2cc(S(N)(=O)=O)ccc12.[Na+]. The molecular weight excluding hydrogens is 331 g/mol. The predicted molar refractivity (Wildman–Crippen MR) is 69.4 cm³/mol. The standard InChI is InChI=1S/C10H10N2O6S2.Na/c11-10-6-2-1-5(19(12,14)15)3-7(6)9(4-8(10)13)20(16,17)18;/h1-4,13H,11H2,(H2,12,14,15)(H,16,17,18);/q;+1/p-1. The van der Waals surface area contributed by atoms with Crippen LogP contribution in [0.1, 0.15) is 0 Å². The Balaban J connectivity index is 0.00000220. The Hall–Kier alpha value is -0.880. The number of aromatic hydroxyl groups is 1. The van der Waals surface area contributed by atoms with Crippen LogP contribution in [0.3, 0.4) is 0 Å². The normalized spacial score (nSPS) is 12.1. The van der Waals surface area contributed by atoms with Crippen LogP contribution in [0, 0.1) is 0 Å².